The Kier molecular flexibility index (Phi) is 7.06. The fourth-order valence-electron chi connectivity index (χ4n) is 2.85. The molecule has 0 saturated heterocycles. The second-order valence-corrected chi connectivity index (χ2v) is 5.81. The van der Waals surface area contributed by atoms with Gasteiger partial charge in [-0.15, -0.1) is 0 Å². The maximum Gasteiger partial charge on any atom is 0.320 e. The molecule has 1 aromatic carbocycles. The first kappa shape index (κ1) is 18.3. The van der Waals surface area contributed by atoms with Crippen LogP contribution >= 0.6 is 0 Å². The van der Waals surface area contributed by atoms with E-state index in [1.165, 1.54) is 0 Å². The molecule has 1 aromatic rings. The summed E-state index contributed by atoms with van der Waals surface area (Å²) in [5.41, 5.74) is 1.00. The molecular formula is C18H26N2O4. The average Bonchev–Trinajstić information content (AvgIpc) is 2.55. The van der Waals surface area contributed by atoms with Crippen molar-refractivity contribution in [2.24, 2.45) is 0 Å². The highest BCUT2D eigenvalue weighted by atomic mass is 16.5. The van der Waals surface area contributed by atoms with Crippen molar-refractivity contribution in [2.45, 2.75) is 32.7 Å². The van der Waals surface area contributed by atoms with Gasteiger partial charge in [-0.3, -0.25) is 14.5 Å². The maximum absolute atomic E-state index is 12.4. The molecule has 1 atom stereocenters. The highest BCUT2D eigenvalue weighted by molar-refractivity contribution is 5.80. The van der Waals surface area contributed by atoms with Crippen molar-refractivity contribution in [3.63, 3.8) is 0 Å². The quantitative estimate of drug-likeness (QED) is 0.736. The Labute approximate surface area is 143 Å². The molecular weight excluding hydrogens is 308 g/mol. The summed E-state index contributed by atoms with van der Waals surface area (Å²) in [7, 11) is 0. The first-order valence-corrected chi connectivity index (χ1v) is 8.53. The minimum atomic E-state index is -0.296. The molecule has 0 aromatic heterocycles. The molecule has 6 nitrogen and oxygen atoms in total. The van der Waals surface area contributed by atoms with Crippen LogP contribution in [0.25, 0.3) is 0 Å². The Morgan fingerprint density at radius 2 is 2.08 bits per heavy atom. The molecule has 132 valence electrons. The Balaban J connectivity index is 1.92. The van der Waals surface area contributed by atoms with Gasteiger partial charge in [-0.05, 0) is 26.0 Å². The van der Waals surface area contributed by atoms with Crippen LogP contribution < -0.4 is 10.1 Å². The van der Waals surface area contributed by atoms with E-state index in [2.05, 4.69) is 5.32 Å². The third kappa shape index (κ3) is 5.23. The monoisotopic (exact) mass is 334 g/mol. The molecule has 1 aliphatic heterocycles. The third-order valence-corrected chi connectivity index (χ3v) is 3.86. The lowest BCUT2D eigenvalue weighted by atomic mass is 10.0. The van der Waals surface area contributed by atoms with Crippen LogP contribution in [0, 0.1) is 0 Å². The van der Waals surface area contributed by atoms with Crippen LogP contribution in [0.3, 0.4) is 0 Å². The minimum absolute atomic E-state index is 0.0477. The highest BCUT2D eigenvalue weighted by Crippen LogP contribution is 2.31. The van der Waals surface area contributed by atoms with Gasteiger partial charge in [0, 0.05) is 12.0 Å². The first-order chi connectivity index (χ1) is 11.6. The van der Waals surface area contributed by atoms with E-state index in [4.69, 9.17) is 9.47 Å². The number of benzene rings is 1. The SMILES string of the molecule is CCCN(CC(=O)NC1CCOc2ccccc21)CC(=O)OCC. The molecule has 0 bridgehead atoms. The normalized spacial score (nSPS) is 16.2. The molecule has 1 amide bonds. The van der Waals surface area contributed by atoms with Crippen LogP contribution in [-0.4, -0.2) is 49.6 Å². The van der Waals surface area contributed by atoms with Crippen molar-refractivity contribution in [1.82, 2.24) is 10.2 Å². The summed E-state index contributed by atoms with van der Waals surface area (Å²) in [4.78, 5) is 25.9. The Hall–Kier alpha value is -2.08. The number of para-hydroxylation sites is 1. The summed E-state index contributed by atoms with van der Waals surface area (Å²) < 4.78 is 10.6. The summed E-state index contributed by atoms with van der Waals surface area (Å²) in [6.45, 7) is 5.73. The molecule has 1 heterocycles. The highest BCUT2D eigenvalue weighted by Gasteiger charge is 2.23. The van der Waals surface area contributed by atoms with Gasteiger partial charge in [-0.2, -0.15) is 0 Å². The summed E-state index contributed by atoms with van der Waals surface area (Å²) in [6, 6.07) is 7.70. The Morgan fingerprint density at radius 3 is 2.83 bits per heavy atom. The summed E-state index contributed by atoms with van der Waals surface area (Å²) >= 11 is 0. The van der Waals surface area contributed by atoms with Crippen LogP contribution in [-0.2, 0) is 14.3 Å². The maximum atomic E-state index is 12.4. The van der Waals surface area contributed by atoms with E-state index >= 15 is 0 Å². The number of carbonyl (C=O) groups is 2. The molecule has 1 unspecified atom stereocenters. The van der Waals surface area contributed by atoms with Gasteiger partial charge in [-0.1, -0.05) is 25.1 Å². The molecule has 0 aliphatic carbocycles. The number of ether oxygens (including phenoxy) is 2. The van der Waals surface area contributed by atoms with Crippen molar-refractivity contribution in [1.29, 1.82) is 0 Å². The number of amides is 1. The largest absolute Gasteiger partial charge is 0.493 e. The number of hydrogen-bond acceptors (Lipinski definition) is 5. The lowest BCUT2D eigenvalue weighted by Gasteiger charge is -2.28. The van der Waals surface area contributed by atoms with Crippen molar-refractivity contribution in [3.8, 4) is 5.75 Å². The first-order valence-electron chi connectivity index (χ1n) is 8.53. The summed E-state index contributed by atoms with van der Waals surface area (Å²) in [5, 5.41) is 3.06. The number of carbonyl (C=O) groups excluding carboxylic acids is 2. The zero-order valence-electron chi connectivity index (χ0n) is 14.4. The third-order valence-electron chi connectivity index (χ3n) is 3.86. The fourth-order valence-corrected chi connectivity index (χ4v) is 2.85. The second kappa shape index (κ2) is 9.27. The molecule has 24 heavy (non-hydrogen) atoms. The lowest BCUT2D eigenvalue weighted by molar-refractivity contribution is -0.144. The fraction of sp³-hybridized carbons (Fsp3) is 0.556. The van der Waals surface area contributed by atoms with E-state index in [-0.39, 0.29) is 31.0 Å². The van der Waals surface area contributed by atoms with Gasteiger partial charge >= 0.3 is 5.97 Å². The average molecular weight is 334 g/mol. The molecule has 6 heteroatoms. The number of nitrogens with one attached hydrogen (secondary N) is 1. The number of rotatable bonds is 8. The number of fused-ring (bicyclic) bond motifs is 1. The predicted molar refractivity (Wildman–Crippen MR) is 90.8 cm³/mol. The van der Waals surface area contributed by atoms with Gasteiger partial charge in [0.1, 0.15) is 5.75 Å². The number of nitrogens with zero attached hydrogens (tertiary/aromatic N) is 1. The van der Waals surface area contributed by atoms with Gasteiger partial charge in [0.05, 0.1) is 32.3 Å². The van der Waals surface area contributed by atoms with Crippen LogP contribution in [0.1, 0.15) is 38.3 Å². The molecule has 1 N–H and O–H groups in total. The van der Waals surface area contributed by atoms with E-state index in [1.54, 1.807) is 6.92 Å². The summed E-state index contributed by atoms with van der Waals surface area (Å²) in [5.74, 6) is 0.440. The molecule has 1 aliphatic rings. The van der Waals surface area contributed by atoms with Crippen LogP contribution in [0.5, 0.6) is 5.75 Å². The Bertz CT molecular complexity index is 562. The van der Waals surface area contributed by atoms with E-state index in [1.807, 2.05) is 36.1 Å². The number of esters is 1. The van der Waals surface area contributed by atoms with Crippen molar-refractivity contribution < 1.29 is 19.1 Å². The molecule has 0 radical (unpaired) electrons. The van der Waals surface area contributed by atoms with Gasteiger partial charge in [-0.25, -0.2) is 0 Å². The zero-order valence-corrected chi connectivity index (χ0v) is 14.4. The van der Waals surface area contributed by atoms with E-state index < -0.39 is 0 Å². The second-order valence-electron chi connectivity index (χ2n) is 5.81. The van der Waals surface area contributed by atoms with Gasteiger partial charge in [0.25, 0.3) is 0 Å². The van der Waals surface area contributed by atoms with E-state index in [0.29, 0.717) is 19.8 Å². The van der Waals surface area contributed by atoms with E-state index in [9.17, 15) is 9.59 Å². The van der Waals surface area contributed by atoms with Crippen LogP contribution in [0.4, 0.5) is 0 Å². The van der Waals surface area contributed by atoms with Crippen LogP contribution in [0.15, 0.2) is 24.3 Å². The standard InChI is InChI=1S/C18H26N2O4/c1-3-10-20(13-18(22)23-4-2)12-17(21)19-15-9-11-24-16-8-6-5-7-14(15)16/h5-8,15H,3-4,9-13H2,1-2H3,(H,19,21). The van der Waals surface area contributed by atoms with Gasteiger partial charge in [0.2, 0.25) is 5.91 Å². The predicted octanol–water partition coefficient (Wildman–Crippen LogP) is 1.90. The molecule has 0 fully saturated rings. The van der Waals surface area contributed by atoms with Crippen molar-refractivity contribution in [3.05, 3.63) is 29.8 Å². The van der Waals surface area contributed by atoms with Gasteiger partial charge < -0.3 is 14.8 Å². The topological polar surface area (TPSA) is 67.9 Å². The minimum Gasteiger partial charge on any atom is -0.493 e. The van der Waals surface area contributed by atoms with E-state index in [0.717, 1.165) is 24.2 Å². The Morgan fingerprint density at radius 1 is 1.29 bits per heavy atom. The molecule has 2 rings (SSSR count). The lowest BCUT2D eigenvalue weighted by Crippen LogP contribution is -2.42. The van der Waals surface area contributed by atoms with Gasteiger partial charge in [0.15, 0.2) is 0 Å². The van der Waals surface area contributed by atoms with Crippen LogP contribution in [0.2, 0.25) is 0 Å². The van der Waals surface area contributed by atoms with Crippen molar-refractivity contribution in [2.75, 3.05) is 32.8 Å². The molecule has 0 spiro atoms. The number of hydrogen-bond donors (Lipinski definition) is 1. The summed E-state index contributed by atoms with van der Waals surface area (Å²) in [6.07, 6.45) is 1.61. The molecule has 0 saturated carbocycles. The van der Waals surface area contributed by atoms with Crippen molar-refractivity contribution >= 4 is 11.9 Å². The zero-order chi connectivity index (χ0) is 17.4. The smallest absolute Gasteiger partial charge is 0.320 e.